The Labute approximate surface area is 160 Å². The summed E-state index contributed by atoms with van der Waals surface area (Å²) in [4.78, 5) is 12.6. The summed E-state index contributed by atoms with van der Waals surface area (Å²) in [5.74, 6) is 1.51. The maximum absolute atomic E-state index is 5.81. The number of nitrogens with two attached hydrogens (primary N) is 1. The van der Waals surface area contributed by atoms with Crippen molar-refractivity contribution < 1.29 is 4.74 Å². The zero-order valence-corrected chi connectivity index (χ0v) is 15.0. The van der Waals surface area contributed by atoms with Gasteiger partial charge in [0.25, 0.3) is 0 Å². The molecule has 0 saturated carbocycles. The molecule has 140 valence electrons. The molecular formula is C18H17N9O. The van der Waals surface area contributed by atoms with Crippen LogP contribution in [0.2, 0.25) is 0 Å². The van der Waals surface area contributed by atoms with E-state index in [-0.39, 0.29) is 12.6 Å². The Bertz CT molecular complexity index is 1060. The highest BCUT2D eigenvalue weighted by atomic mass is 16.5. The van der Waals surface area contributed by atoms with Crippen LogP contribution < -0.4 is 15.8 Å². The second-order valence-corrected chi connectivity index (χ2v) is 5.96. The van der Waals surface area contributed by atoms with E-state index in [2.05, 4.69) is 35.8 Å². The van der Waals surface area contributed by atoms with E-state index in [1.54, 1.807) is 0 Å². The molecule has 10 nitrogen and oxygen atoms in total. The van der Waals surface area contributed by atoms with Crippen molar-refractivity contribution in [3.63, 3.8) is 0 Å². The minimum Gasteiger partial charge on any atom is -0.486 e. The van der Waals surface area contributed by atoms with Gasteiger partial charge in [0, 0.05) is 11.8 Å². The number of benzene rings is 2. The lowest BCUT2D eigenvalue weighted by atomic mass is 10.2. The van der Waals surface area contributed by atoms with Crippen molar-refractivity contribution >= 4 is 17.6 Å². The predicted octanol–water partition coefficient (Wildman–Crippen LogP) is 2.06. The highest BCUT2D eigenvalue weighted by Gasteiger charge is 2.07. The smallest absolute Gasteiger partial charge is 0.232 e. The van der Waals surface area contributed by atoms with Crippen molar-refractivity contribution in [1.82, 2.24) is 35.2 Å². The molecule has 2 heterocycles. The molecule has 0 aliphatic carbocycles. The summed E-state index contributed by atoms with van der Waals surface area (Å²) < 4.78 is 7.33. The summed E-state index contributed by atoms with van der Waals surface area (Å²) in [5.41, 5.74) is 8.61. The summed E-state index contributed by atoms with van der Waals surface area (Å²) >= 11 is 0. The number of aromatic nitrogens is 7. The Kier molecular flexibility index (Phi) is 4.74. The molecule has 4 aromatic rings. The van der Waals surface area contributed by atoms with E-state index in [4.69, 9.17) is 10.5 Å². The van der Waals surface area contributed by atoms with Crippen LogP contribution in [-0.2, 0) is 6.61 Å². The minimum absolute atomic E-state index is 0.116. The second kappa shape index (κ2) is 7.66. The normalized spacial score (nSPS) is 10.6. The molecule has 2 aromatic heterocycles. The Morgan fingerprint density at radius 1 is 1.07 bits per heavy atom. The van der Waals surface area contributed by atoms with Gasteiger partial charge in [0.1, 0.15) is 18.7 Å². The molecule has 0 spiro atoms. The molecule has 28 heavy (non-hydrogen) atoms. The number of rotatable bonds is 6. The van der Waals surface area contributed by atoms with Gasteiger partial charge in [0.05, 0.1) is 5.69 Å². The molecule has 0 bridgehead atoms. The van der Waals surface area contributed by atoms with Gasteiger partial charge in [-0.05, 0) is 41.6 Å². The molecule has 0 aliphatic rings. The van der Waals surface area contributed by atoms with Crippen LogP contribution >= 0.6 is 0 Å². The average Bonchev–Trinajstić information content (AvgIpc) is 3.23. The largest absolute Gasteiger partial charge is 0.486 e. The van der Waals surface area contributed by atoms with Crippen LogP contribution in [0.3, 0.4) is 0 Å². The van der Waals surface area contributed by atoms with Gasteiger partial charge < -0.3 is 15.8 Å². The van der Waals surface area contributed by atoms with Gasteiger partial charge in [0.2, 0.25) is 11.9 Å². The van der Waals surface area contributed by atoms with E-state index >= 15 is 0 Å². The van der Waals surface area contributed by atoms with Crippen molar-refractivity contribution in [2.75, 3.05) is 11.1 Å². The number of nitrogen functional groups attached to an aromatic ring is 1. The molecule has 3 N–H and O–H groups in total. The zero-order chi connectivity index (χ0) is 19.3. The van der Waals surface area contributed by atoms with Crippen molar-refractivity contribution in [2.45, 2.75) is 13.5 Å². The number of aryl methyl sites for hydroxylation is 1. The number of ether oxygens (including phenoxy) is 1. The zero-order valence-electron chi connectivity index (χ0n) is 15.0. The third-order valence-corrected chi connectivity index (χ3v) is 3.81. The molecule has 0 unspecified atom stereocenters. The predicted molar refractivity (Wildman–Crippen MR) is 102 cm³/mol. The first-order chi connectivity index (χ1) is 13.7. The Morgan fingerprint density at radius 2 is 1.93 bits per heavy atom. The minimum atomic E-state index is 0.116. The third-order valence-electron chi connectivity index (χ3n) is 3.81. The maximum atomic E-state index is 5.81. The van der Waals surface area contributed by atoms with E-state index in [0.29, 0.717) is 17.5 Å². The van der Waals surface area contributed by atoms with Gasteiger partial charge in [0.15, 0.2) is 5.82 Å². The maximum Gasteiger partial charge on any atom is 0.232 e. The van der Waals surface area contributed by atoms with Gasteiger partial charge in [-0.2, -0.15) is 15.0 Å². The molecule has 0 radical (unpaired) electrons. The van der Waals surface area contributed by atoms with E-state index < -0.39 is 0 Å². The number of hydrogen-bond donors (Lipinski definition) is 2. The quantitative estimate of drug-likeness (QED) is 0.520. The lowest BCUT2D eigenvalue weighted by Gasteiger charge is -2.09. The summed E-state index contributed by atoms with van der Waals surface area (Å²) in [6, 6.07) is 15.2. The number of nitrogens with zero attached hydrogens (tertiary/aromatic N) is 7. The van der Waals surface area contributed by atoms with Gasteiger partial charge >= 0.3 is 0 Å². The molecular weight excluding hydrogens is 358 g/mol. The SMILES string of the molecule is Cc1ccc(Nc2nc(N)nc(COc3cccc(-n4cnnn4)c3)n2)cc1. The molecule has 10 heteroatoms. The fourth-order valence-corrected chi connectivity index (χ4v) is 2.47. The summed E-state index contributed by atoms with van der Waals surface area (Å²) in [5, 5.41) is 14.2. The first-order valence-electron chi connectivity index (χ1n) is 8.46. The van der Waals surface area contributed by atoms with Crippen LogP contribution in [-0.4, -0.2) is 35.2 Å². The highest BCUT2D eigenvalue weighted by Crippen LogP contribution is 2.18. The van der Waals surface area contributed by atoms with Gasteiger partial charge in [-0.15, -0.1) is 5.10 Å². The lowest BCUT2D eigenvalue weighted by molar-refractivity contribution is 0.295. The van der Waals surface area contributed by atoms with Crippen LogP contribution in [0.4, 0.5) is 17.6 Å². The summed E-state index contributed by atoms with van der Waals surface area (Å²) in [7, 11) is 0. The molecule has 4 rings (SSSR count). The Morgan fingerprint density at radius 3 is 2.71 bits per heavy atom. The van der Waals surface area contributed by atoms with E-state index in [0.717, 1.165) is 11.4 Å². The Hall–Kier alpha value is -4.08. The second-order valence-electron chi connectivity index (χ2n) is 5.96. The number of nitrogens with one attached hydrogen (secondary N) is 1. The lowest BCUT2D eigenvalue weighted by Crippen LogP contribution is -2.09. The van der Waals surface area contributed by atoms with E-state index in [1.807, 2.05) is 55.5 Å². The molecule has 0 amide bonds. The molecule has 0 fully saturated rings. The monoisotopic (exact) mass is 375 g/mol. The van der Waals surface area contributed by atoms with Crippen molar-refractivity contribution in [1.29, 1.82) is 0 Å². The van der Waals surface area contributed by atoms with Crippen molar-refractivity contribution in [3.05, 3.63) is 66.2 Å². The van der Waals surface area contributed by atoms with Gasteiger partial charge in [-0.3, -0.25) is 0 Å². The van der Waals surface area contributed by atoms with Crippen LogP contribution in [0.25, 0.3) is 5.69 Å². The number of anilines is 3. The topological polar surface area (TPSA) is 130 Å². The van der Waals surface area contributed by atoms with Crippen LogP contribution in [0.15, 0.2) is 54.9 Å². The van der Waals surface area contributed by atoms with Crippen molar-refractivity contribution in [2.24, 2.45) is 0 Å². The first kappa shape index (κ1) is 17.3. The molecule has 0 saturated heterocycles. The van der Waals surface area contributed by atoms with Crippen LogP contribution in [0.1, 0.15) is 11.4 Å². The fraction of sp³-hybridized carbons (Fsp3) is 0.111. The van der Waals surface area contributed by atoms with Crippen LogP contribution in [0, 0.1) is 6.92 Å². The highest BCUT2D eigenvalue weighted by molar-refractivity contribution is 5.54. The van der Waals surface area contributed by atoms with Crippen LogP contribution in [0.5, 0.6) is 5.75 Å². The van der Waals surface area contributed by atoms with E-state index in [1.165, 1.54) is 16.6 Å². The molecule has 0 aliphatic heterocycles. The fourth-order valence-electron chi connectivity index (χ4n) is 2.47. The standard InChI is InChI=1S/C18H17N9O/c1-12-5-7-13(8-6-12)21-18-23-16(22-17(19)24-18)10-28-15-4-2-3-14(9-15)27-11-20-25-26-27/h2-9,11H,10H2,1H3,(H3,19,21,22,23,24). The third kappa shape index (κ3) is 4.18. The Balaban J connectivity index is 1.47. The first-order valence-corrected chi connectivity index (χ1v) is 8.46. The number of hydrogen-bond acceptors (Lipinski definition) is 9. The summed E-state index contributed by atoms with van der Waals surface area (Å²) in [6.45, 7) is 2.16. The number of tetrazole rings is 1. The molecule has 0 atom stereocenters. The van der Waals surface area contributed by atoms with Crippen molar-refractivity contribution in [3.8, 4) is 11.4 Å². The average molecular weight is 375 g/mol. The van der Waals surface area contributed by atoms with Gasteiger partial charge in [-0.25, -0.2) is 4.68 Å². The van der Waals surface area contributed by atoms with E-state index in [9.17, 15) is 0 Å². The summed E-state index contributed by atoms with van der Waals surface area (Å²) in [6.07, 6.45) is 1.51. The van der Waals surface area contributed by atoms with Gasteiger partial charge in [-0.1, -0.05) is 23.8 Å². The molecule has 2 aromatic carbocycles.